The molecule has 0 atom stereocenters. The average molecular weight is 361 g/mol. The van der Waals surface area contributed by atoms with Gasteiger partial charge in [-0.1, -0.05) is 23.7 Å². The van der Waals surface area contributed by atoms with Gasteiger partial charge in [-0.25, -0.2) is 4.68 Å². The minimum absolute atomic E-state index is 0.0496. The third-order valence-electron chi connectivity index (χ3n) is 4.37. The lowest BCUT2D eigenvalue weighted by Crippen LogP contribution is -2.48. The minimum Gasteiger partial charge on any atom is -0.340 e. The number of aromatic nitrogens is 2. The Balaban J connectivity index is 1.52. The summed E-state index contributed by atoms with van der Waals surface area (Å²) in [5.41, 5.74) is 1.63. The first kappa shape index (κ1) is 17.6. The zero-order valence-electron chi connectivity index (χ0n) is 14.2. The molecule has 0 unspecified atom stereocenters. The van der Waals surface area contributed by atoms with Gasteiger partial charge in [-0.05, 0) is 23.8 Å². The van der Waals surface area contributed by atoms with Crippen LogP contribution in [0.1, 0.15) is 11.3 Å². The van der Waals surface area contributed by atoms with Gasteiger partial charge in [0, 0.05) is 50.9 Å². The Morgan fingerprint density at radius 2 is 1.92 bits per heavy atom. The molecule has 0 radical (unpaired) electrons. The number of nitrogens with zero attached hydrogens (tertiary/aromatic N) is 4. The van der Waals surface area contributed by atoms with Gasteiger partial charge in [-0.15, -0.1) is 0 Å². The van der Waals surface area contributed by atoms with Crippen LogP contribution < -0.4 is 5.56 Å². The van der Waals surface area contributed by atoms with Gasteiger partial charge >= 0.3 is 0 Å². The van der Waals surface area contributed by atoms with Crippen molar-refractivity contribution in [1.29, 1.82) is 0 Å². The number of piperazine rings is 1. The van der Waals surface area contributed by atoms with E-state index in [1.807, 2.05) is 23.1 Å². The molecule has 1 aromatic carbocycles. The molecule has 1 aromatic heterocycles. The van der Waals surface area contributed by atoms with E-state index in [2.05, 4.69) is 16.1 Å². The summed E-state index contributed by atoms with van der Waals surface area (Å²) in [5, 5.41) is 4.87. The lowest BCUT2D eigenvalue weighted by atomic mass is 10.2. The number of amides is 1. The lowest BCUT2D eigenvalue weighted by Gasteiger charge is -2.34. The fourth-order valence-electron chi connectivity index (χ4n) is 2.96. The van der Waals surface area contributed by atoms with E-state index in [9.17, 15) is 9.59 Å². The third-order valence-corrected chi connectivity index (χ3v) is 4.60. The standard InChI is InChI=1S/C18H21ClN4O2/c1-21-17(24)6-5-16(20-21)12-18(25)23-9-7-22(8-10-23)13-14-3-2-4-15(19)11-14/h2-6,11H,7-10,12-13H2,1H3. The highest BCUT2D eigenvalue weighted by atomic mass is 35.5. The fourth-order valence-corrected chi connectivity index (χ4v) is 3.17. The van der Waals surface area contributed by atoms with Crippen molar-refractivity contribution >= 4 is 17.5 Å². The van der Waals surface area contributed by atoms with Crippen LogP contribution in [0, 0.1) is 0 Å². The monoisotopic (exact) mass is 360 g/mol. The van der Waals surface area contributed by atoms with Crippen molar-refractivity contribution in [1.82, 2.24) is 19.6 Å². The first-order valence-corrected chi connectivity index (χ1v) is 8.67. The SMILES string of the molecule is Cn1nc(CC(=O)N2CCN(Cc3cccc(Cl)c3)CC2)ccc1=O. The Kier molecular flexibility index (Phi) is 5.50. The number of carbonyl (C=O) groups excluding carboxylic acids is 1. The van der Waals surface area contributed by atoms with Gasteiger partial charge in [0.2, 0.25) is 5.91 Å². The van der Waals surface area contributed by atoms with Gasteiger partial charge in [0.05, 0.1) is 12.1 Å². The fraction of sp³-hybridized carbons (Fsp3) is 0.389. The topological polar surface area (TPSA) is 58.4 Å². The van der Waals surface area contributed by atoms with Crippen molar-refractivity contribution in [3.05, 3.63) is 63.0 Å². The second-order valence-corrected chi connectivity index (χ2v) is 6.69. The van der Waals surface area contributed by atoms with E-state index in [0.717, 1.165) is 24.7 Å². The molecule has 1 saturated heterocycles. The summed E-state index contributed by atoms with van der Waals surface area (Å²) in [7, 11) is 1.59. The predicted molar refractivity (Wildman–Crippen MR) is 96.5 cm³/mol. The molecule has 25 heavy (non-hydrogen) atoms. The molecule has 132 valence electrons. The zero-order valence-corrected chi connectivity index (χ0v) is 14.9. The Morgan fingerprint density at radius 3 is 2.60 bits per heavy atom. The molecule has 7 heteroatoms. The van der Waals surface area contributed by atoms with Crippen LogP contribution in [0.15, 0.2) is 41.2 Å². The van der Waals surface area contributed by atoms with Crippen molar-refractivity contribution in [3.63, 3.8) is 0 Å². The maximum atomic E-state index is 12.4. The molecular formula is C18H21ClN4O2. The van der Waals surface area contributed by atoms with Gasteiger partial charge in [-0.3, -0.25) is 14.5 Å². The minimum atomic E-state index is -0.175. The van der Waals surface area contributed by atoms with Crippen LogP contribution in [0.5, 0.6) is 0 Å². The Bertz CT molecular complexity index is 813. The largest absolute Gasteiger partial charge is 0.340 e. The molecule has 3 rings (SSSR count). The van der Waals surface area contributed by atoms with Crippen LogP contribution >= 0.6 is 11.6 Å². The highest BCUT2D eigenvalue weighted by Gasteiger charge is 2.21. The summed E-state index contributed by atoms with van der Waals surface area (Å²) in [4.78, 5) is 28.0. The summed E-state index contributed by atoms with van der Waals surface area (Å²) < 4.78 is 1.26. The summed E-state index contributed by atoms with van der Waals surface area (Å²) in [6, 6.07) is 10.9. The summed E-state index contributed by atoms with van der Waals surface area (Å²) in [6.07, 6.45) is 0.225. The Labute approximate surface area is 151 Å². The number of rotatable bonds is 4. The molecule has 0 aliphatic carbocycles. The lowest BCUT2D eigenvalue weighted by molar-refractivity contribution is -0.132. The molecule has 0 bridgehead atoms. The summed E-state index contributed by atoms with van der Waals surface area (Å²) in [5.74, 6) is 0.0496. The van der Waals surface area contributed by atoms with Crippen molar-refractivity contribution in [2.24, 2.45) is 7.05 Å². The van der Waals surface area contributed by atoms with E-state index in [-0.39, 0.29) is 17.9 Å². The van der Waals surface area contributed by atoms with Gasteiger partial charge in [0.25, 0.3) is 5.56 Å². The second-order valence-electron chi connectivity index (χ2n) is 6.25. The molecule has 2 heterocycles. The average Bonchev–Trinajstić information content (AvgIpc) is 2.59. The van der Waals surface area contributed by atoms with E-state index in [4.69, 9.17) is 11.6 Å². The molecular weight excluding hydrogens is 340 g/mol. The molecule has 1 fully saturated rings. The van der Waals surface area contributed by atoms with Gasteiger partial charge in [-0.2, -0.15) is 5.10 Å². The van der Waals surface area contributed by atoms with E-state index >= 15 is 0 Å². The first-order valence-electron chi connectivity index (χ1n) is 8.29. The second kappa shape index (κ2) is 7.80. The van der Waals surface area contributed by atoms with Crippen molar-refractivity contribution in [2.45, 2.75) is 13.0 Å². The highest BCUT2D eigenvalue weighted by Crippen LogP contribution is 2.14. The number of halogens is 1. The highest BCUT2D eigenvalue weighted by molar-refractivity contribution is 6.30. The molecule has 2 aromatic rings. The molecule has 1 aliphatic heterocycles. The molecule has 1 aliphatic rings. The summed E-state index contributed by atoms with van der Waals surface area (Å²) >= 11 is 6.03. The van der Waals surface area contributed by atoms with E-state index in [0.29, 0.717) is 18.8 Å². The maximum absolute atomic E-state index is 12.4. The van der Waals surface area contributed by atoms with Gasteiger partial charge < -0.3 is 4.90 Å². The molecule has 0 N–H and O–H groups in total. The predicted octanol–water partition coefficient (Wildman–Crippen LogP) is 1.32. The van der Waals surface area contributed by atoms with Crippen molar-refractivity contribution in [3.8, 4) is 0 Å². The van der Waals surface area contributed by atoms with Crippen molar-refractivity contribution in [2.75, 3.05) is 26.2 Å². The quantitative estimate of drug-likeness (QED) is 0.825. The molecule has 0 saturated carbocycles. The summed E-state index contributed by atoms with van der Waals surface area (Å²) in [6.45, 7) is 3.90. The molecule has 1 amide bonds. The normalized spacial score (nSPS) is 15.4. The smallest absolute Gasteiger partial charge is 0.266 e. The Morgan fingerprint density at radius 1 is 1.16 bits per heavy atom. The number of carbonyl (C=O) groups is 1. The molecule has 0 spiro atoms. The van der Waals surface area contributed by atoms with Gasteiger partial charge in [0.15, 0.2) is 0 Å². The van der Waals surface area contributed by atoms with Crippen LogP contribution in [0.3, 0.4) is 0 Å². The van der Waals surface area contributed by atoms with Crippen LogP contribution in [0.4, 0.5) is 0 Å². The number of hydrogen-bond donors (Lipinski definition) is 0. The number of benzene rings is 1. The zero-order chi connectivity index (χ0) is 17.8. The maximum Gasteiger partial charge on any atom is 0.266 e. The van der Waals surface area contributed by atoms with Crippen LogP contribution in [0.25, 0.3) is 0 Å². The van der Waals surface area contributed by atoms with E-state index in [1.165, 1.54) is 16.3 Å². The first-order chi connectivity index (χ1) is 12.0. The van der Waals surface area contributed by atoms with Crippen LogP contribution in [-0.4, -0.2) is 51.7 Å². The van der Waals surface area contributed by atoms with Crippen LogP contribution in [0.2, 0.25) is 5.02 Å². The van der Waals surface area contributed by atoms with Gasteiger partial charge in [0.1, 0.15) is 0 Å². The third kappa shape index (κ3) is 4.67. The van der Waals surface area contributed by atoms with E-state index in [1.54, 1.807) is 13.1 Å². The number of aryl methyl sites for hydroxylation is 1. The van der Waals surface area contributed by atoms with E-state index < -0.39 is 0 Å². The molecule has 6 nitrogen and oxygen atoms in total. The number of hydrogen-bond acceptors (Lipinski definition) is 4. The van der Waals surface area contributed by atoms with Crippen LogP contribution in [-0.2, 0) is 24.8 Å². The Hall–Kier alpha value is -2.18. The van der Waals surface area contributed by atoms with Crippen molar-refractivity contribution < 1.29 is 4.79 Å².